The first-order valence-corrected chi connectivity index (χ1v) is 10.7. The highest BCUT2D eigenvalue weighted by atomic mass is 19.1. The Kier molecular flexibility index (Phi) is 5.09. The molecule has 3 aromatic rings. The van der Waals surface area contributed by atoms with Gasteiger partial charge in [-0.2, -0.15) is 0 Å². The van der Waals surface area contributed by atoms with Crippen molar-refractivity contribution in [3.8, 4) is 17.0 Å². The number of nitrogens with one attached hydrogen (secondary N) is 2. The molecule has 2 fully saturated rings. The highest BCUT2D eigenvalue weighted by molar-refractivity contribution is 6.09. The predicted octanol–water partition coefficient (Wildman–Crippen LogP) is 3.50. The van der Waals surface area contributed by atoms with Crippen LogP contribution in [-0.4, -0.2) is 44.7 Å². The lowest BCUT2D eigenvalue weighted by molar-refractivity contribution is 0.0935. The van der Waals surface area contributed by atoms with Gasteiger partial charge >= 0.3 is 0 Å². The van der Waals surface area contributed by atoms with Gasteiger partial charge in [-0.1, -0.05) is 0 Å². The molecule has 0 bridgehead atoms. The number of ether oxygens (including phenoxy) is 1. The summed E-state index contributed by atoms with van der Waals surface area (Å²) in [5.41, 5.74) is 3.17. The van der Waals surface area contributed by atoms with E-state index in [1.54, 1.807) is 13.0 Å². The fraction of sp³-hybridized carbons (Fsp3) is 0.435. The van der Waals surface area contributed by atoms with E-state index in [2.05, 4.69) is 20.3 Å². The number of nitrogens with zero attached hydrogens (tertiary/aromatic N) is 2. The predicted molar refractivity (Wildman–Crippen MR) is 113 cm³/mol. The largest absolute Gasteiger partial charge is 0.493 e. The summed E-state index contributed by atoms with van der Waals surface area (Å²) < 4.78 is 20.1. The van der Waals surface area contributed by atoms with Crippen molar-refractivity contribution in [3.05, 3.63) is 41.6 Å². The molecule has 0 spiro atoms. The van der Waals surface area contributed by atoms with Crippen LogP contribution in [0.15, 0.2) is 24.5 Å². The minimum Gasteiger partial charge on any atom is -0.493 e. The number of aliphatic hydroxyl groups is 1. The normalized spacial score (nSPS) is 20.9. The van der Waals surface area contributed by atoms with E-state index in [-0.39, 0.29) is 23.9 Å². The number of hydrogen-bond acceptors (Lipinski definition) is 5. The molecular weight excluding hydrogens is 399 g/mol. The number of fused-ring (bicyclic) bond motifs is 1. The first-order valence-electron chi connectivity index (χ1n) is 10.7. The van der Waals surface area contributed by atoms with Crippen LogP contribution >= 0.6 is 0 Å². The Morgan fingerprint density at radius 3 is 2.87 bits per heavy atom. The van der Waals surface area contributed by atoms with Gasteiger partial charge in [0.2, 0.25) is 0 Å². The lowest BCUT2D eigenvalue weighted by Crippen LogP contribution is -2.33. The minimum atomic E-state index is -0.387. The van der Waals surface area contributed by atoms with Crippen LogP contribution in [0.5, 0.6) is 5.75 Å². The lowest BCUT2D eigenvalue weighted by Gasteiger charge is -2.12. The summed E-state index contributed by atoms with van der Waals surface area (Å²) in [5.74, 6) is 0.491. The number of benzene rings is 1. The number of aromatic nitrogens is 3. The van der Waals surface area contributed by atoms with Gasteiger partial charge in [-0.05, 0) is 63.1 Å². The zero-order valence-electron chi connectivity index (χ0n) is 17.3. The summed E-state index contributed by atoms with van der Waals surface area (Å²) >= 11 is 0. The Bertz CT molecular complexity index is 1140. The van der Waals surface area contributed by atoms with Crippen molar-refractivity contribution in [1.29, 1.82) is 0 Å². The van der Waals surface area contributed by atoms with Gasteiger partial charge in [-0.25, -0.2) is 14.4 Å². The molecule has 2 aliphatic carbocycles. The van der Waals surface area contributed by atoms with Gasteiger partial charge in [0.15, 0.2) is 0 Å². The molecule has 2 aromatic heterocycles. The summed E-state index contributed by atoms with van der Waals surface area (Å²) in [4.78, 5) is 25.0. The number of carbonyl (C=O) groups is 1. The van der Waals surface area contributed by atoms with E-state index in [1.807, 2.05) is 0 Å². The van der Waals surface area contributed by atoms with Crippen LogP contribution in [0.1, 0.15) is 48.2 Å². The number of rotatable bonds is 6. The number of H-pyrrole nitrogens is 1. The second-order valence-electron chi connectivity index (χ2n) is 8.60. The van der Waals surface area contributed by atoms with E-state index in [9.17, 15) is 14.3 Å². The van der Waals surface area contributed by atoms with E-state index >= 15 is 0 Å². The Morgan fingerprint density at radius 2 is 2.13 bits per heavy atom. The fourth-order valence-electron chi connectivity index (χ4n) is 4.25. The Balaban J connectivity index is 1.52. The maximum atomic E-state index is 14.1. The van der Waals surface area contributed by atoms with Crippen molar-refractivity contribution >= 4 is 16.9 Å². The summed E-state index contributed by atoms with van der Waals surface area (Å²) in [6.07, 6.45) is 5.31. The van der Waals surface area contributed by atoms with E-state index < -0.39 is 0 Å². The van der Waals surface area contributed by atoms with Crippen LogP contribution in [0.2, 0.25) is 0 Å². The minimum absolute atomic E-state index is 0.0567. The van der Waals surface area contributed by atoms with E-state index in [4.69, 9.17) is 4.74 Å². The highest BCUT2D eigenvalue weighted by Crippen LogP contribution is 2.36. The third kappa shape index (κ3) is 3.99. The van der Waals surface area contributed by atoms with E-state index in [0.29, 0.717) is 64.7 Å². The van der Waals surface area contributed by atoms with Gasteiger partial charge < -0.3 is 20.1 Å². The van der Waals surface area contributed by atoms with Crippen LogP contribution < -0.4 is 10.1 Å². The number of aliphatic hydroxyl groups excluding tert-OH is 1. The summed E-state index contributed by atoms with van der Waals surface area (Å²) in [6, 6.07) is 4.34. The van der Waals surface area contributed by atoms with Gasteiger partial charge in [0, 0.05) is 17.3 Å². The third-order valence-corrected chi connectivity index (χ3v) is 6.11. The summed E-state index contributed by atoms with van der Waals surface area (Å²) in [7, 11) is 0. The Labute approximate surface area is 179 Å². The number of hydrogen-bond donors (Lipinski definition) is 3. The van der Waals surface area contributed by atoms with E-state index in [1.165, 1.54) is 18.5 Å². The third-order valence-electron chi connectivity index (χ3n) is 6.11. The average molecular weight is 424 g/mol. The SMILES string of the molecule is Cc1[nH]c2c(-c3cc(F)ccc3OCC3CC3)ncnc2c1C(=O)N[C@@H]1CC[C@H](O)C1. The van der Waals surface area contributed by atoms with Crippen LogP contribution in [0.25, 0.3) is 22.3 Å². The van der Waals surface area contributed by atoms with Crippen molar-refractivity contribution < 1.29 is 19.0 Å². The zero-order valence-corrected chi connectivity index (χ0v) is 17.3. The molecule has 8 heteroatoms. The molecule has 162 valence electrons. The maximum absolute atomic E-state index is 14.1. The van der Waals surface area contributed by atoms with Gasteiger partial charge in [-0.15, -0.1) is 0 Å². The van der Waals surface area contributed by atoms with Crippen molar-refractivity contribution in [2.75, 3.05) is 6.61 Å². The summed E-state index contributed by atoms with van der Waals surface area (Å²) in [6.45, 7) is 2.40. The number of aryl methyl sites for hydroxylation is 1. The number of halogens is 1. The first kappa shape index (κ1) is 19.9. The molecule has 0 unspecified atom stereocenters. The fourth-order valence-corrected chi connectivity index (χ4v) is 4.25. The molecule has 2 heterocycles. The average Bonchev–Trinajstić information content (AvgIpc) is 3.38. The molecule has 2 aliphatic rings. The highest BCUT2D eigenvalue weighted by Gasteiger charge is 2.28. The smallest absolute Gasteiger partial charge is 0.255 e. The standard InChI is InChI=1S/C23H25FN4O3/c1-12-19(23(30)28-15-5-6-16(29)9-15)21-22(27-12)20(25-11-26-21)17-8-14(24)4-7-18(17)31-10-13-2-3-13/h4,7-8,11,13,15-16,27,29H,2-3,5-6,9-10H2,1H3,(H,28,30)/t15-,16+/m1/s1. The van der Waals surface area contributed by atoms with E-state index in [0.717, 1.165) is 19.3 Å². The lowest BCUT2D eigenvalue weighted by atomic mass is 10.1. The van der Waals surface area contributed by atoms with Crippen LogP contribution in [0, 0.1) is 18.7 Å². The molecule has 1 aromatic carbocycles. The van der Waals surface area contributed by atoms with Crippen molar-refractivity contribution in [2.24, 2.45) is 5.92 Å². The maximum Gasteiger partial charge on any atom is 0.255 e. The molecule has 0 radical (unpaired) electrons. The first-order chi connectivity index (χ1) is 15.0. The molecule has 0 saturated heterocycles. The number of amides is 1. The molecule has 2 saturated carbocycles. The number of aromatic amines is 1. The quantitative estimate of drug-likeness (QED) is 0.562. The molecule has 0 aliphatic heterocycles. The Morgan fingerprint density at radius 1 is 1.29 bits per heavy atom. The summed E-state index contributed by atoms with van der Waals surface area (Å²) in [5, 5.41) is 12.7. The van der Waals surface area contributed by atoms with Crippen molar-refractivity contribution in [3.63, 3.8) is 0 Å². The zero-order chi connectivity index (χ0) is 21.5. The molecule has 3 N–H and O–H groups in total. The number of carbonyl (C=O) groups excluding carboxylic acids is 1. The van der Waals surface area contributed by atoms with Gasteiger partial charge in [0.05, 0.1) is 23.8 Å². The molecule has 1 amide bonds. The second-order valence-corrected chi connectivity index (χ2v) is 8.60. The van der Waals surface area contributed by atoms with Crippen molar-refractivity contribution in [2.45, 2.75) is 51.2 Å². The van der Waals surface area contributed by atoms with Crippen LogP contribution in [0.4, 0.5) is 4.39 Å². The van der Waals surface area contributed by atoms with Gasteiger partial charge in [-0.3, -0.25) is 4.79 Å². The van der Waals surface area contributed by atoms with Crippen LogP contribution in [0.3, 0.4) is 0 Å². The second kappa shape index (κ2) is 7.92. The van der Waals surface area contributed by atoms with Gasteiger partial charge in [0.1, 0.15) is 29.1 Å². The van der Waals surface area contributed by atoms with Gasteiger partial charge in [0.25, 0.3) is 5.91 Å². The van der Waals surface area contributed by atoms with Crippen LogP contribution in [-0.2, 0) is 0 Å². The molecule has 31 heavy (non-hydrogen) atoms. The molecular formula is C23H25FN4O3. The topological polar surface area (TPSA) is 100 Å². The molecule has 5 rings (SSSR count). The molecule has 7 nitrogen and oxygen atoms in total. The monoisotopic (exact) mass is 424 g/mol. The molecule has 2 atom stereocenters. The Hall–Kier alpha value is -3.00. The van der Waals surface area contributed by atoms with Crippen molar-refractivity contribution in [1.82, 2.24) is 20.3 Å².